The van der Waals surface area contributed by atoms with Crippen molar-refractivity contribution in [2.75, 3.05) is 25.2 Å². The molecule has 0 bridgehead atoms. The smallest absolute Gasteiger partial charge is 0.249 e. The monoisotopic (exact) mass is 477 g/mol. The average Bonchev–Trinajstić information content (AvgIpc) is 3.53. The van der Waals surface area contributed by atoms with Crippen LogP contribution in [0.3, 0.4) is 0 Å². The van der Waals surface area contributed by atoms with Crippen LogP contribution in [0.2, 0.25) is 0 Å². The lowest BCUT2D eigenvalue weighted by molar-refractivity contribution is -0.127. The fourth-order valence-corrected chi connectivity index (χ4v) is 4.57. The summed E-state index contributed by atoms with van der Waals surface area (Å²) in [5.74, 6) is -0.531. The lowest BCUT2D eigenvalue weighted by Gasteiger charge is -2.30. The molecular formula is C25H27N5O3S. The molecular weight excluding hydrogens is 450 g/mol. The minimum Gasteiger partial charge on any atom is -0.383 e. The highest BCUT2D eigenvalue weighted by Crippen LogP contribution is 2.31. The molecule has 0 fully saturated rings. The predicted octanol–water partition coefficient (Wildman–Crippen LogP) is 3.59. The van der Waals surface area contributed by atoms with E-state index < -0.39 is 6.04 Å². The predicted molar refractivity (Wildman–Crippen MR) is 133 cm³/mol. The van der Waals surface area contributed by atoms with Gasteiger partial charge >= 0.3 is 0 Å². The third kappa shape index (κ3) is 5.16. The minimum atomic E-state index is -0.827. The maximum absolute atomic E-state index is 13.8. The maximum atomic E-state index is 13.8. The second kappa shape index (κ2) is 11.0. The van der Waals surface area contributed by atoms with Crippen LogP contribution >= 0.6 is 11.3 Å². The van der Waals surface area contributed by atoms with Gasteiger partial charge in [0.25, 0.3) is 0 Å². The van der Waals surface area contributed by atoms with E-state index in [1.54, 1.807) is 16.7 Å². The largest absolute Gasteiger partial charge is 0.383 e. The SMILES string of the molecule is CCc1ccc(N(C(=O)Cn2nnc3ccccc32)C(C(=O)NCCOC)c2cccs2)cc1. The van der Waals surface area contributed by atoms with E-state index in [9.17, 15) is 9.59 Å². The highest BCUT2D eigenvalue weighted by Gasteiger charge is 2.33. The zero-order valence-corrected chi connectivity index (χ0v) is 20.0. The summed E-state index contributed by atoms with van der Waals surface area (Å²) in [4.78, 5) is 29.5. The summed E-state index contributed by atoms with van der Waals surface area (Å²) in [6, 6.07) is 18.1. The minimum absolute atomic E-state index is 0.0523. The number of ether oxygens (including phenoxy) is 1. The molecule has 0 aliphatic rings. The van der Waals surface area contributed by atoms with Gasteiger partial charge in [0, 0.05) is 24.2 Å². The number of methoxy groups -OCH3 is 1. The van der Waals surface area contributed by atoms with Gasteiger partial charge in [-0.3, -0.25) is 14.5 Å². The van der Waals surface area contributed by atoms with Crippen molar-refractivity contribution in [3.8, 4) is 0 Å². The molecule has 2 amide bonds. The Labute approximate surface area is 202 Å². The maximum Gasteiger partial charge on any atom is 0.249 e. The van der Waals surface area contributed by atoms with Gasteiger partial charge in [-0.25, -0.2) is 4.68 Å². The highest BCUT2D eigenvalue weighted by atomic mass is 32.1. The Kier molecular flexibility index (Phi) is 7.66. The fraction of sp³-hybridized carbons (Fsp3) is 0.280. The lowest BCUT2D eigenvalue weighted by atomic mass is 10.1. The Morgan fingerprint density at radius 1 is 1.12 bits per heavy atom. The topological polar surface area (TPSA) is 89.4 Å². The van der Waals surface area contributed by atoms with Gasteiger partial charge in [0.15, 0.2) is 0 Å². The fourth-order valence-electron chi connectivity index (χ4n) is 3.76. The number of thiophene rings is 1. The highest BCUT2D eigenvalue weighted by molar-refractivity contribution is 7.10. The molecule has 0 aliphatic heterocycles. The molecule has 2 heterocycles. The van der Waals surface area contributed by atoms with Crippen LogP contribution < -0.4 is 10.2 Å². The molecule has 1 unspecified atom stereocenters. The first-order valence-electron chi connectivity index (χ1n) is 11.1. The molecule has 0 aliphatic carbocycles. The van der Waals surface area contributed by atoms with E-state index in [2.05, 4.69) is 22.6 Å². The van der Waals surface area contributed by atoms with Crippen molar-refractivity contribution in [2.45, 2.75) is 25.9 Å². The van der Waals surface area contributed by atoms with Crippen LogP contribution in [0.1, 0.15) is 23.4 Å². The number of nitrogens with zero attached hydrogens (tertiary/aromatic N) is 4. The van der Waals surface area contributed by atoms with Crippen LogP contribution in [0, 0.1) is 0 Å². The van der Waals surface area contributed by atoms with Crippen molar-refractivity contribution in [3.05, 3.63) is 76.5 Å². The van der Waals surface area contributed by atoms with E-state index in [0.717, 1.165) is 22.4 Å². The molecule has 0 saturated heterocycles. The lowest BCUT2D eigenvalue weighted by Crippen LogP contribution is -2.45. The third-order valence-electron chi connectivity index (χ3n) is 5.52. The van der Waals surface area contributed by atoms with Crippen LogP contribution in [-0.4, -0.2) is 47.1 Å². The van der Waals surface area contributed by atoms with Gasteiger partial charge < -0.3 is 10.1 Å². The van der Waals surface area contributed by atoms with Crippen molar-refractivity contribution in [1.82, 2.24) is 20.3 Å². The third-order valence-corrected chi connectivity index (χ3v) is 6.45. The van der Waals surface area contributed by atoms with E-state index >= 15 is 0 Å². The van der Waals surface area contributed by atoms with Gasteiger partial charge in [0.2, 0.25) is 11.8 Å². The summed E-state index contributed by atoms with van der Waals surface area (Å²) in [5, 5.41) is 13.1. The number of anilines is 1. The van der Waals surface area contributed by atoms with E-state index in [-0.39, 0.29) is 18.4 Å². The van der Waals surface area contributed by atoms with Crippen LogP contribution in [0.25, 0.3) is 11.0 Å². The van der Waals surface area contributed by atoms with Crippen LogP contribution in [-0.2, 0) is 27.3 Å². The van der Waals surface area contributed by atoms with Crippen molar-refractivity contribution in [3.63, 3.8) is 0 Å². The Bertz CT molecular complexity index is 1240. The Balaban J connectivity index is 1.73. The van der Waals surface area contributed by atoms with Gasteiger partial charge in [0.1, 0.15) is 18.1 Å². The Hall–Kier alpha value is -3.56. The molecule has 34 heavy (non-hydrogen) atoms. The van der Waals surface area contributed by atoms with Crippen LogP contribution in [0.15, 0.2) is 66.0 Å². The number of hydrogen-bond acceptors (Lipinski definition) is 6. The summed E-state index contributed by atoms with van der Waals surface area (Å²) in [6.07, 6.45) is 0.880. The van der Waals surface area contributed by atoms with Gasteiger partial charge in [0.05, 0.1) is 12.1 Å². The first kappa shape index (κ1) is 23.6. The number of amides is 2. The summed E-state index contributed by atoms with van der Waals surface area (Å²) in [6.45, 7) is 2.75. The van der Waals surface area contributed by atoms with Crippen molar-refractivity contribution >= 4 is 39.9 Å². The van der Waals surface area contributed by atoms with Crippen LogP contribution in [0.5, 0.6) is 0 Å². The number of carbonyl (C=O) groups excluding carboxylic acids is 2. The summed E-state index contributed by atoms with van der Waals surface area (Å²) in [5.41, 5.74) is 3.26. The summed E-state index contributed by atoms with van der Waals surface area (Å²) < 4.78 is 6.65. The number of benzene rings is 2. The first-order chi connectivity index (χ1) is 16.6. The Morgan fingerprint density at radius 3 is 2.62 bits per heavy atom. The zero-order valence-electron chi connectivity index (χ0n) is 19.2. The van der Waals surface area contributed by atoms with E-state index in [4.69, 9.17) is 4.74 Å². The number of carbonyl (C=O) groups is 2. The molecule has 0 spiro atoms. The standard InChI is InChI=1S/C25H27N5O3S/c1-3-18-10-12-19(13-11-18)30(23(31)17-29-21-8-5-4-7-20(21)27-28-29)24(22-9-6-16-34-22)25(32)26-14-15-33-2/h4-13,16,24H,3,14-15,17H2,1-2H3,(H,26,32). The number of rotatable bonds is 10. The second-order valence-electron chi connectivity index (χ2n) is 7.72. The normalized spacial score (nSPS) is 11.9. The van der Waals surface area contributed by atoms with Gasteiger partial charge in [-0.2, -0.15) is 0 Å². The molecule has 1 N–H and O–H groups in total. The molecule has 0 saturated carbocycles. The number of nitrogens with one attached hydrogen (secondary N) is 1. The quantitative estimate of drug-likeness (QED) is 0.353. The Morgan fingerprint density at radius 2 is 1.91 bits per heavy atom. The van der Waals surface area contributed by atoms with Gasteiger partial charge in [-0.15, -0.1) is 16.4 Å². The first-order valence-corrected chi connectivity index (χ1v) is 12.0. The molecule has 8 nitrogen and oxygen atoms in total. The molecule has 4 aromatic rings. The summed E-state index contributed by atoms with van der Waals surface area (Å²) >= 11 is 1.44. The molecule has 176 valence electrons. The number of hydrogen-bond donors (Lipinski definition) is 1. The van der Waals surface area contributed by atoms with Gasteiger partial charge in [-0.1, -0.05) is 42.5 Å². The summed E-state index contributed by atoms with van der Waals surface area (Å²) in [7, 11) is 1.58. The van der Waals surface area contributed by atoms with Crippen molar-refractivity contribution in [1.29, 1.82) is 0 Å². The van der Waals surface area contributed by atoms with Crippen molar-refractivity contribution in [2.24, 2.45) is 0 Å². The number of aromatic nitrogens is 3. The molecule has 4 rings (SSSR count). The second-order valence-corrected chi connectivity index (χ2v) is 8.70. The zero-order chi connectivity index (χ0) is 23.9. The molecule has 0 radical (unpaired) electrons. The van der Waals surface area contributed by atoms with E-state index in [1.165, 1.54) is 11.3 Å². The number of aryl methyl sites for hydroxylation is 1. The van der Waals surface area contributed by atoms with E-state index in [0.29, 0.717) is 24.4 Å². The average molecular weight is 478 g/mol. The molecule has 1 atom stereocenters. The number of para-hydroxylation sites is 1. The van der Waals surface area contributed by atoms with Gasteiger partial charge in [-0.05, 0) is 47.7 Å². The molecule has 2 aromatic heterocycles. The number of fused-ring (bicyclic) bond motifs is 1. The molecule has 9 heteroatoms. The molecule has 2 aromatic carbocycles. The van der Waals surface area contributed by atoms with Crippen LogP contribution in [0.4, 0.5) is 5.69 Å². The van der Waals surface area contributed by atoms with E-state index in [1.807, 2.05) is 66.0 Å². The van der Waals surface area contributed by atoms with Crippen molar-refractivity contribution < 1.29 is 14.3 Å².